The molecule has 1 N–H and O–H groups in total. The van der Waals surface area contributed by atoms with Crippen molar-refractivity contribution in [2.24, 2.45) is 5.92 Å². The predicted molar refractivity (Wildman–Crippen MR) is 90.6 cm³/mol. The molecule has 1 amide bonds. The third-order valence-corrected chi connectivity index (χ3v) is 5.38. The molecule has 0 radical (unpaired) electrons. The van der Waals surface area contributed by atoms with Gasteiger partial charge in [0, 0.05) is 6.42 Å². The number of quaternary nitrogens is 1. The number of nitrogens with zero attached hydrogens (tertiary/aromatic N) is 1. The molecule has 0 aromatic heterocycles. The summed E-state index contributed by atoms with van der Waals surface area (Å²) < 4.78 is 5.58. The van der Waals surface area contributed by atoms with Crippen molar-refractivity contribution in [1.82, 2.24) is 4.90 Å². The van der Waals surface area contributed by atoms with Gasteiger partial charge in [0.15, 0.2) is 6.61 Å². The molecule has 126 valence electrons. The van der Waals surface area contributed by atoms with Gasteiger partial charge in [-0.15, -0.1) is 0 Å². The number of carbonyl (C=O) groups is 1. The van der Waals surface area contributed by atoms with Gasteiger partial charge in [0.25, 0.3) is 5.91 Å². The summed E-state index contributed by atoms with van der Waals surface area (Å²) in [5.74, 6) is 1.76. The molecule has 2 aliphatic rings. The molecule has 1 aliphatic carbocycles. The van der Waals surface area contributed by atoms with Crippen LogP contribution in [0.15, 0.2) is 30.3 Å². The van der Waals surface area contributed by atoms with E-state index in [1.54, 1.807) is 4.90 Å². The Morgan fingerprint density at radius 2 is 1.96 bits per heavy atom. The van der Waals surface area contributed by atoms with Crippen LogP contribution < -0.4 is 9.64 Å². The van der Waals surface area contributed by atoms with Crippen LogP contribution in [0.4, 0.5) is 0 Å². The number of amides is 1. The number of hydrogen-bond acceptors (Lipinski definition) is 2. The van der Waals surface area contributed by atoms with E-state index in [0.29, 0.717) is 0 Å². The van der Waals surface area contributed by atoms with Crippen molar-refractivity contribution in [2.45, 2.75) is 38.6 Å². The molecule has 3 rings (SSSR count). The summed E-state index contributed by atoms with van der Waals surface area (Å²) in [5, 5.41) is 0. The Kier molecular flexibility index (Phi) is 5.55. The van der Waals surface area contributed by atoms with Gasteiger partial charge in [0.2, 0.25) is 0 Å². The normalized spacial score (nSPS) is 26.0. The van der Waals surface area contributed by atoms with Crippen molar-refractivity contribution in [2.75, 3.05) is 32.8 Å². The molecule has 23 heavy (non-hydrogen) atoms. The average molecular weight is 317 g/mol. The molecule has 4 nitrogen and oxygen atoms in total. The molecule has 1 saturated carbocycles. The second-order valence-electron chi connectivity index (χ2n) is 7.11. The summed E-state index contributed by atoms with van der Waals surface area (Å²) in [7, 11) is 0. The van der Waals surface area contributed by atoms with Gasteiger partial charge in [-0.05, 0) is 30.9 Å². The fraction of sp³-hybridized carbons (Fsp3) is 0.632. The summed E-state index contributed by atoms with van der Waals surface area (Å²) >= 11 is 0. The maximum absolute atomic E-state index is 12.3. The number of ether oxygens (including phenoxy) is 1. The molecule has 0 bridgehead atoms. The SMILES string of the molecule is C[C@H]1CCC[C@H]([NH+]2CCN(C(=O)COc3ccccc3)CC2)C1. The Hall–Kier alpha value is -1.55. The minimum Gasteiger partial charge on any atom is -0.484 e. The number of hydrogen-bond donors (Lipinski definition) is 1. The lowest BCUT2D eigenvalue weighted by atomic mass is 9.86. The summed E-state index contributed by atoms with van der Waals surface area (Å²) in [6.07, 6.45) is 5.50. The van der Waals surface area contributed by atoms with Crippen LogP contribution in [-0.4, -0.2) is 49.6 Å². The van der Waals surface area contributed by atoms with Crippen molar-refractivity contribution in [3.05, 3.63) is 30.3 Å². The monoisotopic (exact) mass is 317 g/mol. The Morgan fingerprint density at radius 3 is 2.65 bits per heavy atom. The third-order valence-electron chi connectivity index (χ3n) is 5.38. The highest BCUT2D eigenvalue weighted by atomic mass is 16.5. The molecule has 2 fully saturated rings. The smallest absolute Gasteiger partial charge is 0.260 e. The zero-order chi connectivity index (χ0) is 16.1. The topological polar surface area (TPSA) is 34.0 Å². The Labute approximate surface area is 139 Å². The third kappa shape index (κ3) is 4.47. The summed E-state index contributed by atoms with van der Waals surface area (Å²) in [4.78, 5) is 16.0. The number of benzene rings is 1. The first-order chi connectivity index (χ1) is 11.2. The van der Waals surface area contributed by atoms with Crippen molar-refractivity contribution in [1.29, 1.82) is 0 Å². The van der Waals surface area contributed by atoms with E-state index >= 15 is 0 Å². The van der Waals surface area contributed by atoms with E-state index in [2.05, 4.69) is 6.92 Å². The van der Waals surface area contributed by atoms with Crippen LogP contribution in [-0.2, 0) is 4.79 Å². The van der Waals surface area contributed by atoms with Crippen LogP contribution >= 0.6 is 0 Å². The average Bonchev–Trinajstić information content (AvgIpc) is 2.61. The van der Waals surface area contributed by atoms with Crippen molar-refractivity contribution < 1.29 is 14.4 Å². The van der Waals surface area contributed by atoms with Gasteiger partial charge in [-0.2, -0.15) is 0 Å². The molecule has 1 aliphatic heterocycles. The minimum absolute atomic E-state index is 0.116. The number of para-hydroxylation sites is 1. The Balaban J connectivity index is 1.42. The van der Waals surface area contributed by atoms with Gasteiger partial charge < -0.3 is 14.5 Å². The lowest BCUT2D eigenvalue weighted by Crippen LogP contribution is -3.18. The van der Waals surface area contributed by atoms with Gasteiger partial charge in [-0.3, -0.25) is 4.79 Å². The fourth-order valence-corrected chi connectivity index (χ4v) is 4.01. The molecule has 1 aromatic rings. The molecule has 2 atom stereocenters. The largest absolute Gasteiger partial charge is 0.484 e. The van der Waals surface area contributed by atoms with E-state index in [1.165, 1.54) is 25.7 Å². The van der Waals surface area contributed by atoms with Crippen LogP contribution in [0.5, 0.6) is 5.75 Å². The van der Waals surface area contributed by atoms with E-state index in [0.717, 1.165) is 43.9 Å². The first kappa shape index (κ1) is 16.3. The quantitative estimate of drug-likeness (QED) is 0.910. The molecule has 0 spiro atoms. The molecular formula is C19H29N2O2+. The molecule has 1 heterocycles. The lowest BCUT2D eigenvalue weighted by Gasteiger charge is -2.39. The molecule has 1 aromatic carbocycles. The summed E-state index contributed by atoms with van der Waals surface area (Å²) in [6, 6.07) is 10.4. The first-order valence-corrected chi connectivity index (χ1v) is 9.02. The van der Waals surface area contributed by atoms with Crippen LogP contribution in [0, 0.1) is 5.92 Å². The van der Waals surface area contributed by atoms with Gasteiger partial charge in [-0.1, -0.05) is 31.5 Å². The minimum atomic E-state index is 0.116. The van der Waals surface area contributed by atoms with Crippen LogP contribution in [0.2, 0.25) is 0 Å². The highest BCUT2D eigenvalue weighted by molar-refractivity contribution is 5.77. The number of piperazine rings is 1. The van der Waals surface area contributed by atoms with Gasteiger partial charge in [0.05, 0.1) is 32.2 Å². The van der Waals surface area contributed by atoms with Gasteiger partial charge >= 0.3 is 0 Å². The second-order valence-corrected chi connectivity index (χ2v) is 7.11. The molecule has 4 heteroatoms. The predicted octanol–water partition coefficient (Wildman–Crippen LogP) is 1.37. The molecule has 1 saturated heterocycles. The number of carbonyl (C=O) groups excluding carboxylic acids is 1. The van der Waals surface area contributed by atoms with E-state index in [-0.39, 0.29) is 12.5 Å². The fourth-order valence-electron chi connectivity index (χ4n) is 4.01. The lowest BCUT2D eigenvalue weighted by molar-refractivity contribution is -0.930. The highest BCUT2D eigenvalue weighted by Gasteiger charge is 2.31. The van der Waals surface area contributed by atoms with Gasteiger partial charge in [0.1, 0.15) is 5.75 Å². The zero-order valence-corrected chi connectivity index (χ0v) is 14.2. The second kappa shape index (κ2) is 7.82. The molecule has 0 unspecified atom stereocenters. The maximum Gasteiger partial charge on any atom is 0.260 e. The first-order valence-electron chi connectivity index (χ1n) is 9.02. The van der Waals surface area contributed by atoms with Gasteiger partial charge in [-0.25, -0.2) is 0 Å². The van der Waals surface area contributed by atoms with Crippen LogP contribution in [0.25, 0.3) is 0 Å². The Bertz CT molecular complexity index is 497. The number of rotatable bonds is 4. The molecular weight excluding hydrogens is 288 g/mol. The van der Waals surface area contributed by atoms with Crippen LogP contribution in [0.1, 0.15) is 32.6 Å². The maximum atomic E-state index is 12.3. The van der Waals surface area contributed by atoms with Crippen molar-refractivity contribution >= 4 is 5.91 Å². The van der Waals surface area contributed by atoms with Crippen LogP contribution in [0.3, 0.4) is 0 Å². The van der Waals surface area contributed by atoms with E-state index in [1.807, 2.05) is 35.2 Å². The van der Waals surface area contributed by atoms with Crippen molar-refractivity contribution in [3.8, 4) is 5.75 Å². The van der Waals surface area contributed by atoms with E-state index in [4.69, 9.17) is 4.74 Å². The number of nitrogens with one attached hydrogen (secondary N) is 1. The highest BCUT2D eigenvalue weighted by Crippen LogP contribution is 2.22. The summed E-state index contributed by atoms with van der Waals surface area (Å²) in [6.45, 7) is 6.46. The Morgan fingerprint density at radius 1 is 1.22 bits per heavy atom. The summed E-state index contributed by atoms with van der Waals surface area (Å²) in [5.41, 5.74) is 0. The standard InChI is InChI=1S/C19H28N2O2/c1-16-6-5-7-17(14-16)20-10-12-21(13-11-20)19(22)15-23-18-8-3-2-4-9-18/h2-4,8-9,16-17H,5-7,10-15H2,1H3/p+1/t16-,17-/m0/s1. The van der Waals surface area contributed by atoms with E-state index in [9.17, 15) is 4.79 Å². The van der Waals surface area contributed by atoms with E-state index < -0.39 is 0 Å². The zero-order valence-electron chi connectivity index (χ0n) is 14.2. The van der Waals surface area contributed by atoms with Crippen molar-refractivity contribution in [3.63, 3.8) is 0 Å².